The van der Waals surface area contributed by atoms with Crippen LogP contribution in [0.5, 0.6) is 0 Å². The lowest BCUT2D eigenvalue weighted by atomic mass is 10.1. The second-order valence-electron chi connectivity index (χ2n) is 8.72. The maximum atomic E-state index is 11.4. The Balaban J connectivity index is 0. The topological polar surface area (TPSA) is 52.3 Å². The van der Waals surface area contributed by atoms with Crippen molar-refractivity contribution < 1.29 is 9.53 Å². The van der Waals surface area contributed by atoms with Crippen molar-refractivity contribution in [3.8, 4) is 0 Å². The first-order chi connectivity index (χ1) is 12.9. The number of carbonyl (C=O) groups excluding carboxylic acids is 1. The fraction of sp³-hybridized carbons (Fsp3) is 0.958. The van der Waals surface area contributed by atoms with Crippen molar-refractivity contribution in [3.05, 3.63) is 0 Å². The van der Waals surface area contributed by atoms with Crippen LogP contribution in [0.4, 0.5) is 0 Å². The van der Waals surface area contributed by atoms with Crippen molar-refractivity contribution in [1.82, 2.24) is 0 Å². The number of unbranched alkanes of at least 4 members (excludes halogenated alkanes) is 13. The smallest absolute Gasteiger partial charge is 0.306 e. The second-order valence-corrected chi connectivity index (χ2v) is 8.72. The Morgan fingerprint density at radius 3 is 1.41 bits per heavy atom. The fourth-order valence-electron chi connectivity index (χ4n) is 2.90. The first kappa shape index (κ1) is 28.6. The summed E-state index contributed by atoms with van der Waals surface area (Å²) in [5.41, 5.74) is 5.06. The maximum absolute atomic E-state index is 11.4. The standard InChI is InChI=1S/C14H28O2.C10H23N/c1-5-6-7-8-9-10-11-12-13(15)16-14(2,3)4;1-2-3-4-5-6-7-8-9-10-11/h5-12H2,1-4H3;2-11H2,1H3. The van der Waals surface area contributed by atoms with Crippen LogP contribution >= 0.6 is 0 Å². The summed E-state index contributed by atoms with van der Waals surface area (Å²) >= 11 is 0. The van der Waals surface area contributed by atoms with E-state index in [9.17, 15) is 4.79 Å². The molecule has 0 radical (unpaired) electrons. The molecule has 164 valence electrons. The number of nitrogens with two attached hydrogens (primary N) is 1. The van der Waals surface area contributed by atoms with E-state index >= 15 is 0 Å². The molecule has 0 unspecified atom stereocenters. The predicted octanol–water partition coefficient (Wildman–Crippen LogP) is 7.55. The van der Waals surface area contributed by atoms with Gasteiger partial charge in [0.25, 0.3) is 0 Å². The number of carbonyl (C=O) groups is 1. The van der Waals surface area contributed by atoms with Gasteiger partial charge in [0.05, 0.1) is 0 Å². The van der Waals surface area contributed by atoms with Crippen molar-refractivity contribution in [3.63, 3.8) is 0 Å². The fourth-order valence-corrected chi connectivity index (χ4v) is 2.90. The van der Waals surface area contributed by atoms with Crippen molar-refractivity contribution in [2.75, 3.05) is 6.54 Å². The van der Waals surface area contributed by atoms with Crippen LogP contribution in [0.2, 0.25) is 0 Å². The van der Waals surface area contributed by atoms with Crippen LogP contribution in [-0.2, 0) is 9.53 Å². The average Bonchev–Trinajstić information content (AvgIpc) is 2.59. The van der Waals surface area contributed by atoms with Gasteiger partial charge in [-0.1, -0.05) is 97.3 Å². The van der Waals surface area contributed by atoms with Crippen molar-refractivity contribution in [1.29, 1.82) is 0 Å². The largest absolute Gasteiger partial charge is 0.460 e. The van der Waals surface area contributed by atoms with Gasteiger partial charge < -0.3 is 10.5 Å². The lowest BCUT2D eigenvalue weighted by Gasteiger charge is -2.19. The summed E-state index contributed by atoms with van der Waals surface area (Å²) in [5.74, 6) is -0.0546. The van der Waals surface area contributed by atoms with E-state index in [2.05, 4.69) is 13.8 Å². The van der Waals surface area contributed by atoms with Crippen molar-refractivity contribution >= 4 is 5.97 Å². The van der Waals surface area contributed by atoms with Crippen LogP contribution in [0.1, 0.15) is 137 Å². The molecule has 0 aliphatic carbocycles. The van der Waals surface area contributed by atoms with Gasteiger partial charge in [-0.25, -0.2) is 0 Å². The van der Waals surface area contributed by atoms with E-state index in [4.69, 9.17) is 10.5 Å². The van der Waals surface area contributed by atoms with Gasteiger partial charge in [-0.3, -0.25) is 4.79 Å². The normalized spacial score (nSPS) is 11.0. The van der Waals surface area contributed by atoms with Crippen LogP contribution in [0.25, 0.3) is 0 Å². The van der Waals surface area contributed by atoms with Gasteiger partial charge in [0.2, 0.25) is 0 Å². The second kappa shape index (κ2) is 21.7. The third-order valence-electron chi connectivity index (χ3n) is 4.46. The quantitative estimate of drug-likeness (QED) is 0.220. The van der Waals surface area contributed by atoms with Crippen molar-refractivity contribution in [2.24, 2.45) is 5.73 Å². The maximum Gasteiger partial charge on any atom is 0.306 e. The van der Waals surface area contributed by atoms with E-state index in [0.29, 0.717) is 6.42 Å². The molecule has 0 aromatic rings. The SMILES string of the molecule is CCCCCCCCCC(=O)OC(C)(C)C.CCCCCCCCCCN. The molecule has 0 aliphatic rings. The molecule has 0 aliphatic heterocycles. The minimum atomic E-state index is -0.335. The molecule has 0 fully saturated rings. The minimum absolute atomic E-state index is 0.0546. The molecule has 0 rings (SSSR count). The van der Waals surface area contributed by atoms with Gasteiger partial charge in [0, 0.05) is 6.42 Å². The Kier molecular flexibility index (Phi) is 23.0. The molecule has 0 aromatic carbocycles. The molecule has 0 aromatic heterocycles. The highest BCUT2D eigenvalue weighted by atomic mass is 16.6. The summed E-state index contributed by atoms with van der Waals surface area (Å²) < 4.78 is 5.24. The summed E-state index contributed by atoms with van der Waals surface area (Å²) in [6.07, 6.45) is 20.2. The summed E-state index contributed by atoms with van der Waals surface area (Å²) in [6.45, 7) is 11.1. The molecule has 0 spiro atoms. The first-order valence-electron chi connectivity index (χ1n) is 11.8. The van der Waals surface area contributed by atoms with E-state index in [1.54, 1.807) is 0 Å². The molecule has 2 N–H and O–H groups in total. The van der Waals surface area contributed by atoms with E-state index in [0.717, 1.165) is 19.4 Å². The van der Waals surface area contributed by atoms with E-state index in [1.165, 1.54) is 83.5 Å². The lowest BCUT2D eigenvalue weighted by Crippen LogP contribution is -2.23. The third-order valence-corrected chi connectivity index (χ3v) is 4.46. The van der Waals surface area contributed by atoms with Crippen LogP contribution < -0.4 is 5.73 Å². The molecule has 0 atom stereocenters. The third kappa shape index (κ3) is 30.4. The van der Waals surface area contributed by atoms with Gasteiger partial charge in [-0.2, -0.15) is 0 Å². The molecule has 3 nitrogen and oxygen atoms in total. The summed E-state index contributed by atoms with van der Waals surface area (Å²) in [7, 11) is 0. The lowest BCUT2D eigenvalue weighted by molar-refractivity contribution is -0.154. The highest BCUT2D eigenvalue weighted by Gasteiger charge is 2.15. The predicted molar refractivity (Wildman–Crippen MR) is 120 cm³/mol. The number of hydrogen-bond acceptors (Lipinski definition) is 3. The molecule has 27 heavy (non-hydrogen) atoms. The van der Waals surface area contributed by atoms with Gasteiger partial charge in [-0.15, -0.1) is 0 Å². The molecule has 0 amide bonds. The highest BCUT2D eigenvalue weighted by molar-refractivity contribution is 5.69. The molecule has 0 heterocycles. The Morgan fingerprint density at radius 1 is 0.667 bits per heavy atom. The van der Waals surface area contributed by atoms with E-state index in [-0.39, 0.29) is 11.6 Å². The van der Waals surface area contributed by atoms with Crippen LogP contribution in [0.15, 0.2) is 0 Å². The van der Waals surface area contributed by atoms with Gasteiger partial charge in [0.1, 0.15) is 5.60 Å². The molecule has 0 saturated carbocycles. The summed E-state index contributed by atoms with van der Waals surface area (Å²) in [5, 5.41) is 0. The molecular weight excluding hydrogens is 334 g/mol. The zero-order valence-electron chi connectivity index (χ0n) is 19.4. The molecule has 3 heteroatoms. The zero-order chi connectivity index (χ0) is 20.8. The van der Waals surface area contributed by atoms with E-state index < -0.39 is 0 Å². The van der Waals surface area contributed by atoms with Gasteiger partial charge in [0.15, 0.2) is 0 Å². The molecule has 0 saturated heterocycles. The highest BCUT2D eigenvalue weighted by Crippen LogP contribution is 2.12. The Morgan fingerprint density at radius 2 is 1.04 bits per heavy atom. The van der Waals surface area contributed by atoms with Gasteiger partial charge in [-0.05, 0) is 40.2 Å². The average molecular weight is 386 g/mol. The van der Waals surface area contributed by atoms with Crippen LogP contribution in [0.3, 0.4) is 0 Å². The number of hydrogen-bond donors (Lipinski definition) is 1. The van der Waals surface area contributed by atoms with Gasteiger partial charge >= 0.3 is 5.97 Å². The monoisotopic (exact) mass is 385 g/mol. The van der Waals surface area contributed by atoms with Crippen LogP contribution in [0, 0.1) is 0 Å². The number of ether oxygens (including phenoxy) is 1. The molecular formula is C24H51NO2. The Bertz CT molecular complexity index is 289. The zero-order valence-corrected chi connectivity index (χ0v) is 19.4. The van der Waals surface area contributed by atoms with E-state index in [1.807, 2.05) is 20.8 Å². The molecule has 0 bridgehead atoms. The summed E-state index contributed by atoms with van der Waals surface area (Å²) in [6, 6.07) is 0. The Labute approximate surface area is 171 Å². The Hall–Kier alpha value is -0.570. The first-order valence-corrected chi connectivity index (χ1v) is 11.8. The van der Waals surface area contributed by atoms with Crippen LogP contribution in [-0.4, -0.2) is 18.1 Å². The number of rotatable bonds is 16. The summed E-state index contributed by atoms with van der Waals surface area (Å²) in [4.78, 5) is 11.4. The van der Waals surface area contributed by atoms with Crippen molar-refractivity contribution in [2.45, 2.75) is 143 Å². The number of esters is 1. The minimum Gasteiger partial charge on any atom is -0.460 e.